The standard InChI is InChI=1S/C19H15ClN2O5S/c1-11(23)21-14-4-2-12-3-6-16(9-13(12)8-14)28(26,27)22-15-5-7-18(20)17(10-15)19(24)25/h2-10,22H,1H3,(H,21,23)(H,24,25). The van der Waals surface area contributed by atoms with Crippen molar-refractivity contribution < 1.29 is 23.1 Å². The van der Waals surface area contributed by atoms with E-state index in [0.29, 0.717) is 11.1 Å². The SMILES string of the molecule is CC(=O)Nc1ccc2ccc(S(=O)(=O)Nc3ccc(Cl)c(C(=O)O)c3)cc2c1. The first-order valence-electron chi connectivity index (χ1n) is 8.03. The van der Waals surface area contributed by atoms with Crippen LogP contribution in [0.2, 0.25) is 5.02 Å². The summed E-state index contributed by atoms with van der Waals surface area (Å²) in [6.45, 7) is 1.38. The molecule has 3 aromatic carbocycles. The number of carbonyl (C=O) groups is 2. The molecule has 0 heterocycles. The molecule has 144 valence electrons. The predicted molar refractivity (Wildman–Crippen MR) is 107 cm³/mol. The molecule has 3 aromatic rings. The van der Waals surface area contributed by atoms with Gasteiger partial charge in [0.2, 0.25) is 5.91 Å². The van der Waals surface area contributed by atoms with Gasteiger partial charge in [-0.15, -0.1) is 0 Å². The van der Waals surface area contributed by atoms with E-state index in [1.54, 1.807) is 24.3 Å². The Hall–Kier alpha value is -3.10. The molecule has 0 aliphatic heterocycles. The van der Waals surface area contributed by atoms with Crippen molar-refractivity contribution >= 4 is 55.6 Å². The van der Waals surface area contributed by atoms with Crippen molar-refractivity contribution in [3.8, 4) is 0 Å². The number of anilines is 2. The molecule has 7 nitrogen and oxygen atoms in total. The molecule has 3 rings (SSSR count). The summed E-state index contributed by atoms with van der Waals surface area (Å²) in [6, 6.07) is 13.5. The third-order valence-corrected chi connectivity index (χ3v) is 5.60. The normalized spacial score (nSPS) is 11.2. The third kappa shape index (κ3) is 4.24. The lowest BCUT2D eigenvalue weighted by molar-refractivity contribution is -0.114. The number of carboxylic acid groups (broad SMARTS) is 1. The minimum atomic E-state index is -3.97. The Labute approximate surface area is 166 Å². The summed E-state index contributed by atoms with van der Waals surface area (Å²) in [4.78, 5) is 22.4. The van der Waals surface area contributed by atoms with Crippen LogP contribution >= 0.6 is 11.6 Å². The molecular formula is C19H15ClN2O5S. The topological polar surface area (TPSA) is 113 Å². The van der Waals surface area contributed by atoms with Crippen molar-refractivity contribution in [1.29, 1.82) is 0 Å². The van der Waals surface area contributed by atoms with Crippen LogP contribution in [0, 0.1) is 0 Å². The van der Waals surface area contributed by atoms with Gasteiger partial charge in [0.05, 0.1) is 15.5 Å². The number of sulfonamides is 1. The van der Waals surface area contributed by atoms with Crippen molar-refractivity contribution in [1.82, 2.24) is 0 Å². The first-order chi connectivity index (χ1) is 13.2. The molecule has 0 saturated heterocycles. The molecule has 0 fully saturated rings. The van der Waals surface area contributed by atoms with Crippen molar-refractivity contribution in [3.63, 3.8) is 0 Å². The minimum Gasteiger partial charge on any atom is -0.478 e. The number of amides is 1. The Balaban J connectivity index is 1.97. The van der Waals surface area contributed by atoms with Crippen LogP contribution in [0.4, 0.5) is 11.4 Å². The molecule has 28 heavy (non-hydrogen) atoms. The molecule has 0 aliphatic rings. The Kier molecular flexibility index (Phi) is 5.26. The zero-order chi connectivity index (χ0) is 20.5. The van der Waals surface area contributed by atoms with Crippen LogP contribution in [-0.2, 0) is 14.8 Å². The molecule has 0 saturated carbocycles. The van der Waals surface area contributed by atoms with E-state index in [0.717, 1.165) is 11.5 Å². The fraction of sp³-hybridized carbons (Fsp3) is 0.0526. The van der Waals surface area contributed by atoms with Crippen molar-refractivity contribution in [2.45, 2.75) is 11.8 Å². The van der Waals surface area contributed by atoms with Crippen LogP contribution in [0.25, 0.3) is 10.8 Å². The van der Waals surface area contributed by atoms with Gasteiger partial charge in [0.15, 0.2) is 0 Å². The Morgan fingerprint density at radius 1 is 0.929 bits per heavy atom. The monoisotopic (exact) mass is 418 g/mol. The Bertz CT molecular complexity index is 1210. The van der Waals surface area contributed by atoms with Gasteiger partial charge in [0.1, 0.15) is 0 Å². The maximum absolute atomic E-state index is 12.7. The highest BCUT2D eigenvalue weighted by molar-refractivity contribution is 7.92. The zero-order valence-corrected chi connectivity index (χ0v) is 16.1. The van der Waals surface area contributed by atoms with E-state index in [2.05, 4.69) is 10.0 Å². The highest BCUT2D eigenvalue weighted by Crippen LogP contribution is 2.26. The molecule has 9 heteroatoms. The number of nitrogens with one attached hydrogen (secondary N) is 2. The molecule has 0 unspecified atom stereocenters. The average Bonchev–Trinajstić information content (AvgIpc) is 2.61. The Morgan fingerprint density at radius 3 is 2.29 bits per heavy atom. The minimum absolute atomic E-state index is 0.00616. The molecule has 3 N–H and O–H groups in total. The van der Waals surface area contributed by atoms with Crippen LogP contribution in [0.1, 0.15) is 17.3 Å². The predicted octanol–water partition coefficient (Wildman–Crippen LogP) is 3.95. The first-order valence-corrected chi connectivity index (χ1v) is 9.89. The number of halogens is 1. The van der Waals surface area contributed by atoms with Crippen LogP contribution in [0.15, 0.2) is 59.5 Å². The fourth-order valence-electron chi connectivity index (χ4n) is 2.64. The first kappa shape index (κ1) is 19.7. The molecule has 1 amide bonds. The maximum atomic E-state index is 12.7. The molecule has 0 atom stereocenters. The molecule has 0 radical (unpaired) electrons. The fourth-order valence-corrected chi connectivity index (χ4v) is 3.92. The third-order valence-electron chi connectivity index (χ3n) is 3.89. The Morgan fingerprint density at radius 2 is 1.61 bits per heavy atom. The average molecular weight is 419 g/mol. The summed E-state index contributed by atoms with van der Waals surface area (Å²) in [5, 5.41) is 13.2. The summed E-state index contributed by atoms with van der Waals surface area (Å²) in [5.74, 6) is -1.50. The smallest absolute Gasteiger partial charge is 0.337 e. The number of carbonyl (C=O) groups excluding carboxylic acids is 1. The van der Waals surface area contributed by atoms with E-state index in [1.807, 2.05) is 0 Å². The summed E-state index contributed by atoms with van der Waals surface area (Å²) in [7, 11) is -3.97. The van der Waals surface area contributed by atoms with E-state index in [-0.39, 0.29) is 27.1 Å². The summed E-state index contributed by atoms with van der Waals surface area (Å²) < 4.78 is 27.8. The highest BCUT2D eigenvalue weighted by Gasteiger charge is 2.17. The number of hydrogen-bond acceptors (Lipinski definition) is 4. The number of benzene rings is 3. The number of hydrogen-bond donors (Lipinski definition) is 3. The number of rotatable bonds is 5. The van der Waals surface area contributed by atoms with Crippen LogP contribution in [-0.4, -0.2) is 25.4 Å². The van der Waals surface area contributed by atoms with Gasteiger partial charge in [-0.1, -0.05) is 23.7 Å². The zero-order valence-electron chi connectivity index (χ0n) is 14.6. The van der Waals surface area contributed by atoms with Crippen LogP contribution in [0.3, 0.4) is 0 Å². The van der Waals surface area contributed by atoms with Gasteiger partial charge in [-0.05, 0) is 53.2 Å². The number of fused-ring (bicyclic) bond motifs is 1. The van der Waals surface area contributed by atoms with E-state index >= 15 is 0 Å². The van der Waals surface area contributed by atoms with E-state index in [4.69, 9.17) is 16.7 Å². The second-order valence-electron chi connectivity index (χ2n) is 6.01. The van der Waals surface area contributed by atoms with Crippen molar-refractivity contribution in [3.05, 3.63) is 65.2 Å². The van der Waals surface area contributed by atoms with E-state index < -0.39 is 16.0 Å². The molecule has 0 spiro atoms. The molecule has 0 bridgehead atoms. The summed E-state index contributed by atoms with van der Waals surface area (Å²) >= 11 is 5.81. The number of carboxylic acids is 1. The van der Waals surface area contributed by atoms with Gasteiger partial charge >= 0.3 is 5.97 Å². The van der Waals surface area contributed by atoms with Crippen molar-refractivity contribution in [2.75, 3.05) is 10.0 Å². The number of aromatic carboxylic acids is 1. The summed E-state index contributed by atoms with van der Waals surface area (Å²) in [5.41, 5.74) is 0.417. The van der Waals surface area contributed by atoms with Crippen LogP contribution < -0.4 is 10.0 Å². The van der Waals surface area contributed by atoms with Gasteiger partial charge in [-0.3, -0.25) is 9.52 Å². The molecular weight excluding hydrogens is 404 g/mol. The van der Waals surface area contributed by atoms with Gasteiger partial charge < -0.3 is 10.4 Å². The summed E-state index contributed by atoms with van der Waals surface area (Å²) in [6.07, 6.45) is 0. The van der Waals surface area contributed by atoms with E-state index in [1.165, 1.54) is 31.2 Å². The van der Waals surface area contributed by atoms with Gasteiger partial charge in [-0.25, -0.2) is 13.2 Å². The van der Waals surface area contributed by atoms with Gasteiger partial charge in [0.25, 0.3) is 10.0 Å². The lowest BCUT2D eigenvalue weighted by atomic mass is 10.1. The van der Waals surface area contributed by atoms with Crippen LogP contribution in [0.5, 0.6) is 0 Å². The van der Waals surface area contributed by atoms with Crippen molar-refractivity contribution in [2.24, 2.45) is 0 Å². The molecule has 0 aliphatic carbocycles. The quantitative estimate of drug-likeness (QED) is 0.580. The lowest BCUT2D eigenvalue weighted by Crippen LogP contribution is -2.13. The maximum Gasteiger partial charge on any atom is 0.337 e. The molecule has 0 aromatic heterocycles. The van der Waals surface area contributed by atoms with Gasteiger partial charge in [0, 0.05) is 18.3 Å². The second kappa shape index (κ2) is 7.49. The van der Waals surface area contributed by atoms with Gasteiger partial charge in [-0.2, -0.15) is 0 Å². The lowest BCUT2D eigenvalue weighted by Gasteiger charge is -2.11. The highest BCUT2D eigenvalue weighted by atomic mass is 35.5. The second-order valence-corrected chi connectivity index (χ2v) is 8.10. The van der Waals surface area contributed by atoms with E-state index in [9.17, 15) is 18.0 Å². The largest absolute Gasteiger partial charge is 0.478 e.